The molecule has 1 aromatic heterocycles. The van der Waals surface area contributed by atoms with E-state index >= 15 is 0 Å². The molecule has 0 unspecified atom stereocenters. The fourth-order valence-electron chi connectivity index (χ4n) is 5.13. The predicted molar refractivity (Wildman–Crippen MR) is 131 cm³/mol. The van der Waals surface area contributed by atoms with Gasteiger partial charge in [0, 0.05) is 37.1 Å². The summed E-state index contributed by atoms with van der Waals surface area (Å²) in [5.41, 5.74) is 3.43. The van der Waals surface area contributed by atoms with Gasteiger partial charge in [-0.1, -0.05) is 24.3 Å². The molecule has 2 saturated heterocycles. The number of nitrogens with zero attached hydrogens (tertiary/aromatic N) is 4. The molecular weight excluding hydrogens is 446 g/mol. The number of anilines is 1. The number of methoxy groups -OCH3 is 1. The number of nitrogens with one attached hydrogen (secondary N) is 1. The summed E-state index contributed by atoms with van der Waals surface area (Å²) < 4.78 is 5.38. The maximum Gasteiger partial charge on any atom is 0.325 e. The molecule has 35 heavy (non-hydrogen) atoms. The predicted octanol–water partition coefficient (Wildman–Crippen LogP) is 2.88. The van der Waals surface area contributed by atoms with E-state index < -0.39 is 12.1 Å². The van der Waals surface area contributed by atoms with Crippen molar-refractivity contribution in [1.82, 2.24) is 20.0 Å². The molecule has 0 radical (unpaired) electrons. The summed E-state index contributed by atoms with van der Waals surface area (Å²) in [6.07, 6.45) is 4.90. The third-order valence-corrected chi connectivity index (χ3v) is 7.15. The average Bonchev–Trinajstić information content (AvgIpc) is 3.53. The molecule has 3 aromatic rings. The second kappa shape index (κ2) is 9.42. The minimum Gasteiger partial charge on any atom is -0.497 e. The van der Waals surface area contributed by atoms with Gasteiger partial charge in [-0.3, -0.25) is 14.8 Å². The highest BCUT2D eigenvalue weighted by atomic mass is 16.5. The molecule has 2 aliphatic rings. The number of likely N-dealkylation sites (tertiary alicyclic amines) is 1. The Morgan fingerprint density at radius 1 is 1.14 bits per heavy atom. The van der Waals surface area contributed by atoms with Gasteiger partial charge in [-0.25, -0.2) is 4.79 Å². The first kappa shape index (κ1) is 22.9. The number of ether oxygens (including phenoxy) is 1. The highest BCUT2D eigenvalue weighted by molar-refractivity contribution is 5.95. The fraction of sp³-hybridized carbons (Fsp3) is 0.346. The highest BCUT2D eigenvalue weighted by Crippen LogP contribution is 2.40. The van der Waals surface area contributed by atoms with E-state index in [0.29, 0.717) is 39.0 Å². The van der Waals surface area contributed by atoms with Gasteiger partial charge < -0.3 is 19.6 Å². The molecule has 1 spiro atoms. The fourth-order valence-corrected chi connectivity index (χ4v) is 5.13. The van der Waals surface area contributed by atoms with Crippen molar-refractivity contribution in [1.29, 1.82) is 0 Å². The Labute approximate surface area is 203 Å². The zero-order valence-electron chi connectivity index (χ0n) is 19.7. The molecule has 9 heteroatoms. The first-order valence-electron chi connectivity index (χ1n) is 11.7. The maximum absolute atomic E-state index is 13.8. The molecule has 0 aliphatic carbocycles. The van der Waals surface area contributed by atoms with E-state index in [0.717, 1.165) is 28.1 Å². The number of H-pyrrole nitrogens is 1. The number of urea groups is 1. The molecular formula is C26H29N5O4. The Hall–Kier alpha value is -3.85. The minimum absolute atomic E-state index is 0.0502. The topological polar surface area (TPSA) is 102 Å². The third kappa shape index (κ3) is 4.35. The quantitative estimate of drug-likeness (QED) is 0.571. The lowest BCUT2D eigenvalue weighted by Gasteiger charge is -2.43. The molecule has 0 bridgehead atoms. The summed E-state index contributed by atoms with van der Waals surface area (Å²) in [5.74, 6) is 0.480. The standard InChI is InChI=1S/C26H29N5O4/c1-35-23-4-2-3-19(13-23)16-31-25(34)30(18-26(31)9-11-29(12-10-26)24(33)17-32)22-7-5-20(6-8-22)21-14-27-28-15-21/h2-8,13-15,32H,9-12,16-18H2,1H3,(H,27,28). The van der Waals surface area contributed by atoms with E-state index in [4.69, 9.17) is 4.74 Å². The van der Waals surface area contributed by atoms with E-state index in [1.165, 1.54) is 0 Å². The molecule has 5 rings (SSSR count). The van der Waals surface area contributed by atoms with Gasteiger partial charge in [0.25, 0.3) is 0 Å². The number of benzene rings is 2. The van der Waals surface area contributed by atoms with Crippen molar-refractivity contribution in [2.45, 2.75) is 24.9 Å². The van der Waals surface area contributed by atoms with Crippen LogP contribution in [0.25, 0.3) is 11.1 Å². The number of hydrogen-bond donors (Lipinski definition) is 2. The van der Waals surface area contributed by atoms with E-state index in [1.54, 1.807) is 18.2 Å². The number of carbonyl (C=O) groups is 2. The Balaban J connectivity index is 1.43. The Kier molecular flexibility index (Phi) is 6.17. The van der Waals surface area contributed by atoms with Crippen LogP contribution < -0.4 is 9.64 Å². The van der Waals surface area contributed by atoms with Crippen LogP contribution in [0, 0.1) is 0 Å². The van der Waals surface area contributed by atoms with Crippen LogP contribution in [-0.4, -0.2) is 75.9 Å². The SMILES string of the molecule is COc1cccc(CN2C(=O)N(c3ccc(-c4cn[nH]c4)cc3)CC23CCN(C(=O)CO)CC3)c1. The minimum atomic E-state index is -0.491. The van der Waals surface area contributed by atoms with Crippen LogP contribution in [0.2, 0.25) is 0 Å². The van der Waals surface area contributed by atoms with Crippen molar-refractivity contribution in [2.24, 2.45) is 0 Å². The van der Waals surface area contributed by atoms with Gasteiger partial charge in [-0.05, 0) is 48.2 Å². The zero-order chi connectivity index (χ0) is 24.4. The summed E-state index contributed by atoms with van der Waals surface area (Å²) in [6.45, 7) is 1.52. The lowest BCUT2D eigenvalue weighted by atomic mass is 9.86. The summed E-state index contributed by atoms with van der Waals surface area (Å²) in [4.78, 5) is 31.3. The molecule has 0 saturated carbocycles. The van der Waals surface area contributed by atoms with Crippen LogP contribution in [-0.2, 0) is 11.3 Å². The molecule has 2 aromatic carbocycles. The normalized spacial score (nSPS) is 17.3. The Bertz CT molecular complexity index is 1190. The van der Waals surface area contributed by atoms with Crippen molar-refractivity contribution in [3.63, 3.8) is 0 Å². The molecule has 2 N–H and O–H groups in total. The molecule has 2 fully saturated rings. The number of aromatic amines is 1. The monoisotopic (exact) mass is 475 g/mol. The number of aliphatic hydroxyl groups excluding tert-OH is 1. The van der Waals surface area contributed by atoms with Crippen molar-refractivity contribution >= 4 is 17.6 Å². The van der Waals surface area contributed by atoms with E-state index in [9.17, 15) is 14.7 Å². The van der Waals surface area contributed by atoms with Crippen LogP contribution >= 0.6 is 0 Å². The third-order valence-electron chi connectivity index (χ3n) is 7.15. The molecule has 2 aliphatic heterocycles. The van der Waals surface area contributed by atoms with Gasteiger partial charge in [0.05, 0.1) is 25.4 Å². The summed E-state index contributed by atoms with van der Waals surface area (Å²) in [5, 5.41) is 16.1. The number of hydrogen-bond acceptors (Lipinski definition) is 5. The summed E-state index contributed by atoms with van der Waals surface area (Å²) in [6, 6.07) is 15.6. The first-order chi connectivity index (χ1) is 17.0. The van der Waals surface area contributed by atoms with Gasteiger partial charge in [-0.2, -0.15) is 5.10 Å². The van der Waals surface area contributed by atoms with Crippen molar-refractivity contribution in [2.75, 3.05) is 38.3 Å². The average molecular weight is 476 g/mol. The Morgan fingerprint density at radius 2 is 1.91 bits per heavy atom. The second-order valence-corrected chi connectivity index (χ2v) is 9.10. The van der Waals surface area contributed by atoms with Crippen molar-refractivity contribution < 1.29 is 19.4 Å². The second-order valence-electron chi connectivity index (χ2n) is 9.10. The molecule has 0 atom stereocenters. The molecule has 3 heterocycles. The molecule has 9 nitrogen and oxygen atoms in total. The van der Waals surface area contributed by atoms with Crippen LogP contribution in [0.1, 0.15) is 18.4 Å². The lowest BCUT2D eigenvalue weighted by Crippen LogP contribution is -2.55. The first-order valence-corrected chi connectivity index (χ1v) is 11.7. The van der Waals surface area contributed by atoms with Crippen LogP contribution in [0.15, 0.2) is 60.9 Å². The number of rotatable bonds is 6. The van der Waals surface area contributed by atoms with E-state index in [1.807, 2.05) is 64.5 Å². The van der Waals surface area contributed by atoms with Crippen LogP contribution in [0.4, 0.5) is 10.5 Å². The zero-order valence-corrected chi connectivity index (χ0v) is 19.7. The van der Waals surface area contributed by atoms with Gasteiger partial charge >= 0.3 is 6.03 Å². The van der Waals surface area contributed by atoms with Gasteiger partial charge in [0.2, 0.25) is 5.91 Å². The molecule has 3 amide bonds. The van der Waals surface area contributed by atoms with E-state index in [-0.39, 0.29) is 11.9 Å². The number of amides is 3. The number of aliphatic hydroxyl groups is 1. The van der Waals surface area contributed by atoms with Crippen molar-refractivity contribution in [3.8, 4) is 16.9 Å². The summed E-state index contributed by atoms with van der Waals surface area (Å²) in [7, 11) is 1.63. The van der Waals surface area contributed by atoms with E-state index in [2.05, 4.69) is 10.2 Å². The number of piperidine rings is 1. The van der Waals surface area contributed by atoms with Gasteiger partial charge in [-0.15, -0.1) is 0 Å². The van der Waals surface area contributed by atoms with Crippen molar-refractivity contribution in [3.05, 3.63) is 66.5 Å². The molecule has 182 valence electrons. The van der Waals surface area contributed by atoms with Gasteiger partial charge in [0.1, 0.15) is 12.4 Å². The van der Waals surface area contributed by atoms with Crippen LogP contribution in [0.5, 0.6) is 5.75 Å². The largest absolute Gasteiger partial charge is 0.497 e. The van der Waals surface area contributed by atoms with Crippen LogP contribution in [0.3, 0.4) is 0 Å². The Morgan fingerprint density at radius 3 is 2.57 bits per heavy atom. The smallest absolute Gasteiger partial charge is 0.325 e. The van der Waals surface area contributed by atoms with Gasteiger partial charge in [0.15, 0.2) is 0 Å². The number of carbonyl (C=O) groups excluding carboxylic acids is 2. The summed E-state index contributed by atoms with van der Waals surface area (Å²) >= 11 is 0. The lowest BCUT2D eigenvalue weighted by molar-refractivity contribution is -0.136. The number of aromatic nitrogens is 2. The highest BCUT2D eigenvalue weighted by Gasteiger charge is 2.51. The maximum atomic E-state index is 13.8.